The second kappa shape index (κ2) is 12.3. The van der Waals surface area contributed by atoms with Crippen LogP contribution < -0.4 is 25.3 Å². The van der Waals surface area contributed by atoms with Gasteiger partial charge in [0.1, 0.15) is 17.9 Å². The standard InChI is InChI=1S/C30H33Cl2N7O3/c1-3-29(40)36-22-15-23(26(41-2)16-25(22)38-12-10-37(11-13-38)19-7-8-19)35-27-17-28(34-18-33-27)39-24(9-14-42-39)20-5-4-6-21(31)30(20)32/h3-6,15-19,24H,1,7-14H2,2H3,(H,36,40)(H,33,34,35)/t24-/m1/s1. The van der Waals surface area contributed by atoms with E-state index in [4.69, 9.17) is 32.8 Å². The van der Waals surface area contributed by atoms with Gasteiger partial charge in [0.15, 0.2) is 5.82 Å². The van der Waals surface area contributed by atoms with Gasteiger partial charge in [-0.05, 0) is 36.6 Å². The molecule has 2 saturated heterocycles. The normalized spacial score (nSPS) is 19.1. The van der Waals surface area contributed by atoms with Crippen molar-refractivity contribution in [1.29, 1.82) is 0 Å². The highest BCUT2D eigenvalue weighted by molar-refractivity contribution is 6.42. The number of ether oxygens (including phenoxy) is 1. The van der Waals surface area contributed by atoms with Gasteiger partial charge in [0.25, 0.3) is 0 Å². The Labute approximate surface area is 255 Å². The SMILES string of the molecule is C=CC(=O)Nc1cc(Nc2cc(N3OCC[C@@H]3c3cccc(Cl)c3Cl)ncn2)c(OC)cc1N1CCN(C2CC2)CC1. The number of nitrogens with zero attached hydrogens (tertiary/aromatic N) is 5. The lowest BCUT2D eigenvalue weighted by Gasteiger charge is -2.37. The Balaban J connectivity index is 1.27. The second-order valence-electron chi connectivity index (χ2n) is 10.5. The Morgan fingerprint density at radius 2 is 1.90 bits per heavy atom. The van der Waals surface area contributed by atoms with Crippen LogP contribution in [0.15, 0.2) is 55.4 Å². The molecule has 12 heteroatoms. The van der Waals surface area contributed by atoms with Crippen molar-refractivity contribution in [3.05, 3.63) is 71.0 Å². The molecule has 1 atom stereocenters. The summed E-state index contributed by atoms with van der Waals surface area (Å²) in [4.78, 5) is 32.1. The Morgan fingerprint density at radius 1 is 1.10 bits per heavy atom. The summed E-state index contributed by atoms with van der Waals surface area (Å²) < 4.78 is 5.80. The maximum Gasteiger partial charge on any atom is 0.247 e. The van der Waals surface area contributed by atoms with Gasteiger partial charge in [-0.3, -0.25) is 14.5 Å². The maximum atomic E-state index is 12.4. The number of aromatic nitrogens is 2. The van der Waals surface area contributed by atoms with Crippen LogP contribution in [0.3, 0.4) is 0 Å². The van der Waals surface area contributed by atoms with Crippen LogP contribution >= 0.6 is 23.2 Å². The van der Waals surface area contributed by atoms with Gasteiger partial charge in [-0.1, -0.05) is 41.9 Å². The fraction of sp³-hybridized carbons (Fsp3) is 0.367. The Hall–Kier alpha value is -3.57. The van der Waals surface area contributed by atoms with Gasteiger partial charge in [-0.15, -0.1) is 0 Å². The molecule has 3 aromatic rings. The highest BCUT2D eigenvalue weighted by atomic mass is 35.5. The van der Waals surface area contributed by atoms with Gasteiger partial charge >= 0.3 is 0 Å². The van der Waals surface area contributed by atoms with Gasteiger partial charge < -0.3 is 20.3 Å². The van der Waals surface area contributed by atoms with Gasteiger partial charge in [-0.2, -0.15) is 0 Å². The first kappa shape index (κ1) is 28.5. The van der Waals surface area contributed by atoms with E-state index in [1.807, 2.05) is 24.3 Å². The van der Waals surface area contributed by atoms with Gasteiger partial charge in [0.05, 0.1) is 46.9 Å². The molecule has 2 aromatic carbocycles. The molecule has 3 aliphatic rings. The molecule has 2 aliphatic heterocycles. The van der Waals surface area contributed by atoms with Crippen LogP contribution in [0.25, 0.3) is 0 Å². The van der Waals surface area contributed by atoms with Crippen LogP contribution in [-0.4, -0.2) is 66.7 Å². The van der Waals surface area contributed by atoms with Gasteiger partial charge in [0.2, 0.25) is 5.91 Å². The van der Waals surface area contributed by atoms with Crippen molar-refractivity contribution < 1.29 is 14.4 Å². The first-order valence-corrected chi connectivity index (χ1v) is 14.8. The molecule has 1 aliphatic carbocycles. The van der Waals surface area contributed by atoms with Crippen molar-refractivity contribution >= 4 is 57.8 Å². The number of piperazine rings is 1. The summed E-state index contributed by atoms with van der Waals surface area (Å²) in [5, 5.41) is 9.05. The number of halogens is 2. The van der Waals surface area contributed by atoms with Gasteiger partial charge in [0, 0.05) is 50.8 Å². The highest BCUT2D eigenvalue weighted by Gasteiger charge is 2.33. The van der Waals surface area contributed by atoms with E-state index in [1.165, 1.54) is 25.2 Å². The van der Waals surface area contributed by atoms with Crippen LogP contribution in [0, 0.1) is 0 Å². The minimum absolute atomic E-state index is 0.158. The smallest absolute Gasteiger partial charge is 0.247 e. The summed E-state index contributed by atoms with van der Waals surface area (Å²) in [5.41, 5.74) is 3.07. The predicted molar refractivity (Wildman–Crippen MR) is 166 cm³/mol. The number of hydrogen-bond acceptors (Lipinski definition) is 9. The lowest BCUT2D eigenvalue weighted by Crippen LogP contribution is -2.47. The molecule has 1 saturated carbocycles. The number of hydroxylamine groups is 1. The molecule has 3 heterocycles. The van der Waals surface area contributed by atoms with E-state index in [9.17, 15) is 4.79 Å². The average molecular weight is 611 g/mol. The van der Waals surface area contributed by atoms with Crippen molar-refractivity contribution in [2.45, 2.75) is 31.3 Å². The minimum Gasteiger partial charge on any atom is -0.494 e. The lowest BCUT2D eigenvalue weighted by molar-refractivity contribution is -0.111. The first-order valence-electron chi connectivity index (χ1n) is 14.0. The topological polar surface area (TPSA) is 95.1 Å². The zero-order valence-electron chi connectivity index (χ0n) is 23.4. The third-order valence-corrected chi connectivity index (χ3v) is 8.70. The molecule has 1 amide bonds. The number of rotatable bonds is 9. The summed E-state index contributed by atoms with van der Waals surface area (Å²) in [6.07, 6.45) is 6.04. The monoisotopic (exact) mass is 609 g/mol. The van der Waals surface area contributed by atoms with Crippen LogP contribution in [0.5, 0.6) is 5.75 Å². The van der Waals surface area contributed by atoms with Crippen LogP contribution in [0.1, 0.15) is 30.9 Å². The highest BCUT2D eigenvalue weighted by Crippen LogP contribution is 2.42. The molecule has 0 bridgehead atoms. The Kier molecular flexibility index (Phi) is 8.39. The number of methoxy groups -OCH3 is 1. The molecule has 10 nitrogen and oxygen atoms in total. The Morgan fingerprint density at radius 3 is 2.64 bits per heavy atom. The molecular formula is C30H33Cl2N7O3. The molecule has 220 valence electrons. The van der Waals surface area contributed by atoms with Crippen molar-refractivity contribution in [2.75, 3.05) is 60.5 Å². The number of carbonyl (C=O) groups is 1. The largest absolute Gasteiger partial charge is 0.494 e. The van der Waals surface area contributed by atoms with Crippen LogP contribution in [0.2, 0.25) is 10.0 Å². The van der Waals surface area contributed by atoms with E-state index < -0.39 is 0 Å². The quantitative estimate of drug-likeness (QED) is 0.291. The van der Waals surface area contributed by atoms with E-state index in [0.29, 0.717) is 45.4 Å². The number of carbonyl (C=O) groups excluding carboxylic acids is 1. The fourth-order valence-corrected chi connectivity index (χ4v) is 6.01. The number of amides is 1. The summed E-state index contributed by atoms with van der Waals surface area (Å²) >= 11 is 12.8. The number of nitrogens with one attached hydrogen (secondary N) is 2. The molecular weight excluding hydrogens is 577 g/mol. The van der Waals surface area contributed by atoms with Crippen LogP contribution in [-0.2, 0) is 9.63 Å². The third-order valence-electron chi connectivity index (χ3n) is 7.87. The summed E-state index contributed by atoms with van der Waals surface area (Å²) in [7, 11) is 1.63. The van der Waals surface area contributed by atoms with Crippen LogP contribution in [0.4, 0.5) is 28.7 Å². The third kappa shape index (κ3) is 5.98. The summed E-state index contributed by atoms with van der Waals surface area (Å²) in [5.74, 6) is 1.42. The molecule has 6 rings (SSSR count). The van der Waals surface area contributed by atoms with Crippen molar-refractivity contribution in [3.8, 4) is 5.75 Å². The van der Waals surface area contributed by atoms with Crippen molar-refractivity contribution in [1.82, 2.24) is 14.9 Å². The zero-order valence-corrected chi connectivity index (χ0v) is 24.9. The number of anilines is 5. The second-order valence-corrected chi connectivity index (χ2v) is 11.3. The molecule has 0 unspecified atom stereocenters. The fourth-order valence-electron chi connectivity index (χ4n) is 5.58. The van der Waals surface area contributed by atoms with E-state index in [2.05, 4.69) is 37.0 Å². The molecule has 0 spiro atoms. The van der Waals surface area contributed by atoms with E-state index in [-0.39, 0.29) is 11.9 Å². The maximum absolute atomic E-state index is 12.4. The Bertz CT molecular complexity index is 1480. The van der Waals surface area contributed by atoms with Crippen molar-refractivity contribution in [2.24, 2.45) is 0 Å². The molecule has 3 fully saturated rings. The lowest BCUT2D eigenvalue weighted by atomic mass is 10.0. The van der Waals surface area contributed by atoms with E-state index in [0.717, 1.165) is 49.9 Å². The zero-order chi connectivity index (χ0) is 29.2. The number of benzene rings is 2. The first-order chi connectivity index (χ1) is 20.4. The van der Waals surface area contributed by atoms with Crippen molar-refractivity contribution in [3.63, 3.8) is 0 Å². The van der Waals surface area contributed by atoms with E-state index in [1.54, 1.807) is 24.3 Å². The molecule has 1 aromatic heterocycles. The molecule has 42 heavy (non-hydrogen) atoms. The molecule has 0 radical (unpaired) electrons. The number of hydrogen-bond donors (Lipinski definition) is 2. The minimum atomic E-state index is -0.287. The summed E-state index contributed by atoms with van der Waals surface area (Å²) in [6, 6.07) is 11.8. The summed E-state index contributed by atoms with van der Waals surface area (Å²) in [6.45, 7) is 7.85. The molecule has 2 N–H and O–H groups in total. The van der Waals surface area contributed by atoms with Gasteiger partial charge in [-0.25, -0.2) is 15.0 Å². The average Bonchev–Trinajstić information content (AvgIpc) is 3.75. The van der Waals surface area contributed by atoms with E-state index >= 15 is 0 Å². The predicted octanol–water partition coefficient (Wildman–Crippen LogP) is 5.83.